The molecule has 0 saturated carbocycles. The Bertz CT molecular complexity index is 262. The lowest BCUT2D eigenvalue weighted by molar-refractivity contribution is 1.46. The van der Waals surface area contributed by atoms with Crippen molar-refractivity contribution in [3.05, 3.63) is 41.6 Å². The molecule has 2 heteroatoms. The average molecular weight is 146 g/mol. The second-order valence-electron chi connectivity index (χ2n) is 2.20. The molecule has 56 valence electrons. The first-order chi connectivity index (χ1) is 5.33. The van der Waals surface area contributed by atoms with Crippen molar-refractivity contribution in [1.29, 1.82) is 5.41 Å². The molecule has 0 fully saturated rings. The van der Waals surface area contributed by atoms with Crippen LogP contribution >= 0.6 is 0 Å². The van der Waals surface area contributed by atoms with E-state index < -0.39 is 0 Å². The van der Waals surface area contributed by atoms with Crippen molar-refractivity contribution in [1.82, 2.24) is 0 Å². The predicted octanol–water partition coefficient (Wildman–Crippen LogP) is 1.64. The minimum absolute atomic E-state index is 0.469. The third-order valence-electron chi connectivity index (χ3n) is 1.30. The van der Waals surface area contributed by atoms with Gasteiger partial charge in [0.25, 0.3) is 0 Å². The van der Waals surface area contributed by atoms with E-state index in [1.54, 1.807) is 6.08 Å². The lowest BCUT2D eigenvalue weighted by atomic mass is 10.2. The lowest BCUT2D eigenvalue weighted by Gasteiger charge is -1.92. The summed E-state index contributed by atoms with van der Waals surface area (Å²) in [7, 11) is 0. The normalized spacial score (nSPS) is 11.1. The fourth-order valence-corrected chi connectivity index (χ4v) is 0.783. The zero-order valence-corrected chi connectivity index (χ0v) is 6.12. The van der Waals surface area contributed by atoms with E-state index in [0.29, 0.717) is 5.70 Å². The summed E-state index contributed by atoms with van der Waals surface area (Å²) in [4.78, 5) is 0. The van der Waals surface area contributed by atoms with Crippen LogP contribution in [0, 0.1) is 5.41 Å². The first-order valence-electron chi connectivity index (χ1n) is 3.35. The quantitative estimate of drug-likeness (QED) is 0.612. The van der Waals surface area contributed by atoms with Crippen molar-refractivity contribution >= 4 is 12.3 Å². The van der Waals surface area contributed by atoms with Crippen molar-refractivity contribution in [2.75, 3.05) is 0 Å². The number of hydrogen-bond donors (Lipinski definition) is 2. The van der Waals surface area contributed by atoms with Crippen LogP contribution < -0.4 is 5.73 Å². The molecule has 0 unspecified atom stereocenters. The van der Waals surface area contributed by atoms with Gasteiger partial charge in [-0.3, -0.25) is 0 Å². The molecule has 1 aromatic carbocycles. The molecule has 0 aliphatic heterocycles. The Morgan fingerprint density at radius 1 is 1.27 bits per heavy atom. The standard InChI is InChI=1S/C9H10N2/c10-7-9(11)6-8-4-2-1-3-5-8/h1-7,10H,11H2. The van der Waals surface area contributed by atoms with Gasteiger partial charge in [0.05, 0.1) is 0 Å². The van der Waals surface area contributed by atoms with Crippen LogP contribution in [-0.2, 0) is 0 Å². The molecule has 0 amide bonds. The van der Waals surface area contributed by atoms with Crippen LogP contribution in [0.2, 0.25) is 0 Å². The molecule has 0 bridgehead atoms. The summed E-state index contributed by atoms with van der Waals surface area (Å²) in [5.74, 6) is 0. The smallest absolute Gasteiger partial charge is 0.0498 e. The molecular weight excluding hydrogens is 136 g/mol. The number of nitrogens with one attached hydrogen (secondary N) is 1. The fourth-order valence-electron chi connectivity index (χ4n) is 0.783. The highest BCUT2D eigenvalue weighted by molar-refractivity contribution is 5.81. The van der Waals surface area contributed by atoms with Gasteiger partial charge in [0.15, 0.2) is 0 Å². The van der Waals surface area contributed by atoms with Gasteiger partial charge in [-0.25, -0.2) is 0 Å². The monoisotopic (exact) mass is 146 g/mol. The van der Waals surface area contributed by atoms with Crippen LogP contribution in [0.15, 0.2) is 36.0 Å². The van der Waals surface area contributed by atoms with E-state index >= 15 is 0 Å². The van der Waals surface area contributed by atoms with E-state index in [1.165, 1.54) is 0 Å². The second-order valence-corrected chi connectivity index (χ2v) is 2.20. The maximum Gasteiger partial charge on any atom is 0.0498 e. The van der Waals surface area contributed by atoms with Crippen molar-refractivity contribution in [3.63, 3.8) is 0 Å². The van der Waals surface area contributed by atoms with Crippen molar-refractivity contribution in [3.8, 4) is 0 Å². The van der Waals surface area contributed by atoms with Crippen molar-refractivity contribution in [2.45, 2.75) is 0 Å². The van der Waals surface area contributed by atoms with Crippen LogP contribution in [0.3, 0.4) is 0 Å². The number of nitrogens with two attached hydrogens (primary N) is 1. The van der Waals surface area contributed by atoms with Gasteiger partial charge in [-0.1, -0.05) is 30.3 Å². The topological polar surface area (TPSA) is 49.9 Å². The Labute approximate surface area is 65.9 Å². The summed E-state index contributed by atoms with van der Waals surface area (Å²) >= 11 is 0. The Morgan fingerprint density at radius 2 is 1.91 bits per heavy atom. The second kappa shape index (κ2) is 3.56. The third-order valence-corrected chi connectivity index (χ3v) is 1.30. The minimum atomic E-state index is 0.469. The molecule has 0 radical (unpaired) electrons. The summed E-state index contributed by atoms with van der Waals surface area (Å²) in [6.07, 6.45) is 2.89. The summed E-state index contributed by atoms with van der Waals surface area (Å²) in [5, 5.41) is 6.84. The number of benzene rings is 1. The molecule has 0 aromatic heterocycles. The maximum absolute atomic E-state index is 6.84. The first-order valence-corrected chi connectivity index (χ1v) is 3.35. The van der Waals surface area contributed by atoms with E-state index in [4.69, 9.17) is 11.1 Å². The molecule has 0 saturated heterocycles. The highest BCUT2D eigenvalue weighted by Gasteiger charge is 1.84. The van der Waals surface area contributed by atoms with Gasteiger partial charge in [-0.15, -0.1) is 0 Å². The van der Waals surface area contributed by atoms with Gasteiger partial charge in [0, 0.05) is 11.9 Å². The Hall–Kier alpha value is -1.57. The van der Waals surface area contributed by atoms with E-state index in [2.05, 4.69) is 0 Å². The first kappa shape index (κ1) is 7.54. The molecule has 1 aromatic rings. The van der Waals surface area contributed by atoms with Crippen LogP contribution in [-0.4, -0.2) is 6.21 Å². The highest BCUT2D eigenvalue weighted by Crippen LogP contribution is 2.01. The summed E-state index contributed by atoms with van der Waals surface area (Å²) in [5.41, 5.74) is 6.91. The predicted molar refractivity (Wildman–Crippen MR) is 47.4 cm³/mol. The molecule has 0 spiro atoms. The molecule has 0 atom stereocenters. The molecule has 2 nitrogen and oxygen atoms in total. The summed E-state index contributed by atoms with van der Waals surface area (Å²) in [6, 6.07) is 9.69. The molecule has 0 heterocycles. The molecule has 0 aliphatic carbocycles. The van der Waals surface area contributed by atoms with E-state index in [-0.39, 0.29) is 0 Å². The van der Waals surface area contributed by atoms with Gasteiger partial charge >= 0.3 is 0 Å². The van der Waals surface area contributed by atoms with Crippen molar-refractivity contribution in [2.24, 2.45) is 5.73 Å². The number of rotatable bonds is 2. The van der Waals surface area contributed by atoms with Crippen molar-refractivity contribution < 1.29 is 0 Å². The van der Waals surface area contributed by atoms with Gasteiger partial charge in [-0.05, 0) is 11.6 Å². The fraction of sp³-hybridized carbons (Fsp3) is 0. The Kier molecular flexibility index (Phi) is 2.44. The van der Waals surface area contributed by atoms with Crippen LogP contribution in [0.25, 0.3) is 6.08 Å². The molecular formula is C9H10N2. The number of hydrogen-bond acceptors (Lipinski definition) is 2. The van der Waals surface area contributed by atoms with Gasteiger partial charge < -0.3 is 11.1 Å². The zero-order chi connectivity index (χ0) is 8.10. The van der Waals surface area contributed by atoms with E-state index in [1.807, 2.05) is 30.3 Å². The molecule has 11 heavy (non-hydrogen) atoms. The minimum Gasteiger partial charge on any atom is -0.397 e. The summed E-state index contributed by atoms with van der Waals surface area (Å²) < 4.78 is 0. The molecule has 1 rings (SSSR count). The lowest BCUT2D eigenvalue weighted by Crippen LogP contribution is -1.96. The van der Waals surface area contributed by atoms with Crippen LogP contribution in [0.4, 0.5) is 0 Å². The van der Waals surface area contributed by atoms with Gasteiger partial charge in [0.1, 0.15) is 0 Å². The summed E-state index contributed by atoms with van der Waals surface area (Å²) in [6.45, 7) is 0. The Morgan fingerprint density at radius 3 is 2.45 bits per heavy atom. The zero-order valence-electron chi connectivity index (χ0n) is 6.12. The van der Waals surface area contributed by atoms with E-state index in [9.17, 15) is 0 Å². The van der Waals surface area contributed by atoms with E-state index in [0.717, 1.165) is 11.8 Å². The maximum atomic E-state index is 6.84. The molecule has 0 aliphatic rings. The van der Waals surface area contributed by atoms with Gasteiger partial charge in [-0.2, -0.15) is 0 Å². The third kappa shape index (κ3) is 2.26. The largest absolute Gasteiger partial charge is 0.397 e. The SMILES string of the molecule is N=CC(N)=Cc1ccccc1. The highest BCUT2D eigenvalue weighted by atomic mass is 14.6. The number of allylic oxidation sites excluding steroid dienone is 1. The average Bonchev–Trinajstić information content (AvgIpc) is 2.06. The van der Waals surface area contributed by atoms with Crippen LogP contribution in [0.5, 0.6) is 0 Å². The van der Waals surface area contributed by atoms with Crippen LogP contribution in [0.1, 0.15) is 5.56 Å². The molecule has 3 N–H and O–H groups in total. The Balaban J connectivity index is 2.87. The van der Waals surface area contributed by atoms with Gasteiger partial charge in [0.2, 0.25) is 0 Å².